The van der Waals surface area contributed by atoms with Gasteiger partial charge in [-0.25, -0.2) is 0 Å². The molecule has 0 aromatic heterocycles. The van der Waals surface area contributed by atoms with Gasteiger partial charge in [-0.05, 0) is 30.7 Å². The van der Waals surface area contributed by atoms with E-state index >= 15 is 0 Å². The van der Waals surface area contributed by atoms with E-state index in [0.717, 1.165) is 0 Å². The third-order valence-electron chi connectivity index (χ3n) is 1.45. The molecule has 0 bridgehead atoms. The molecule has 1 rings (SSSR count). The summed E-state index contributed by atoms with van der Waals surface area (Å²) in [6.45, 7) is 2.05. The van der Waals surface area contributed by atoms with E-state index in [2.05, 4.69) is 17.0 Å². The van der Waals surface area contributed by atoms with E-state index in [-0.39, 0.29) is 0 Å². The van der Waals surface area contributed by atoms with Crippen LogP contribution >= 0.6 is 0 Å². The Bertz CT molecular complexity index is 216. The maximum absolute atomic E-state index is 3.10. The molecule has 1 heteroatoms. The molecule has 0 atom stereocenters. The molecule has 0 heterocycles. The Morgan fingerprint density at radius 3 is 2.50 bits per heavy atom. The lowest BCUT2D eigenvalue weighted by Gasteiger charge is -2.11. The number of anilines is 1. The molecule has 0 spiro atoms. The van der Waals surface area contributed by atoms with Gasteiger partial charge in [0, 0.05) is 19.8 Å². The smallest absolute Gasteiger partial charge is 0.0364 e. The fraction of sp³-hybridized carbons (Fsp3) is 0.333. The van der Waals surface area contributed by atoms with Crippen molar-refractivity contribution in [3.63, 3.8) is 0 Å². The lowest BCUT2D eigenvalue weighted by molar-refractivity contribution is 1.13. The minimum atomic E-state index is 1.19. The quantitative estimate of drug-likeness (QED) is 0.566. The molecule has 0 unspecified atom stereocenters. The van der Waals surface area contributed by atoms with Gasteiger partial charge < -0.3 is 4.90 Å². The van der Waals surface area contributed by atoms with E-state index in [1.54, 1.807) is 0 Å². The highest BCUT2D eigenvalue weighted by atomic mass is 15.1. The Hall–Kier alpha value is -0.980. The van der Waals surface area contributed by atoms with Crippen molar-refractivity contribution >= 4 is 5.69 Å². The Balaban J connectivity index is 2.96. The lowest BCUT2D eigenvalue weighted by atomic mass is 10.2. The van der Waals surface area contributed by atoms with E-state index in [9.17, 15) is 0 Å². The van der Waals surface area contributed by atoms with Gasteiger partial charge in [-0.3, -0.25) is 0 Å². The van der Waals surface area contributed by atoms with Gasteiger partial charge in [0.15, 0.2) is 0 Å². The first-order valence-electron chi connectivity index (χ1n) is 3.36. The van der Waals surface area contributed by atoms with Crippen molar-refractivity contribution in [3.05, 3.63) is 29.8 Å². The summed E-state index contributed by atoms with van der Waals surface area (Å²) < 4.78 is 0. The van der Waals surface area contributed by atoms with Crippen molar-refractivity contribution in [1.82, 2.24) is 0 Å². The average Bonchev–Trinajstić information content (AvgIpc) is 1.88. The van der Waals surface area contributed by atoms with E-state index in [0.29, 0.717) is 0 Å². The molecule has 0 fully saturated rings. The number of rotatable bonds is 1. The van der Waals surface area contributed by atoms with Crippen LogP contribution in [-0.4, -0.2) is 14.1 Å². The molecule has 1 nitrogen and oxygen atoms in total. The van der Waals surface area contributed by atoms with E-state index in [4.69, 9.17) is 0 Å². The molecular weight excluding hydrogens is 122 g/mol. The Kier molecular flexibility index (Phi) is 1.95. The molecule has 1 aromatic carbocycles. The summed E-state index contributed by atoms with van der Waals surface area (Å²) >= 11 is 0. The monoisotopic (exact) mass is 134 g/mol. The van der Waals surface area contributed by atoms with Crippen LogP contribution in [-0.2, 0) is 0 Å². The van der Waals surface area contributed by atoms with Crippen LogP contribution < -0.4 is 4.90 Å². The minimum absolute atomic E-state index is 1.19. The summed E-state index contributed by atoms with van der Waals surface area (Å²) in [5.74, 6) is 0. The number of nitrogens with zero attached hydrogens (tertiary/aromatic N) is 1. The van der Waals surface area contributed by atoms with Crippen molar-refractivity contribution in [2.24, 2.45) is 0 Å². The first-order chi connectivity index (χ1) is 4.70. The topological polar surface area (TPSA) is 3.24 Å². The van der Waals surface area contributed by atoms with Crippen LogP contribution in [0.5, 0.6) is 0 Å². The molecule has 0 aliphatic heterocycles. The Labute approximate surface area is 62.3 Å². The summed E-state index contributed by atoms with van der Waals surface area (Å²) in [5.41, 5.74) is 2.42. The maximum Gasteiger partial charge on any atom is 0.0364 e. The van der Waals surface area contributed by atoms with Crippen molar-refractivity contribution in [3.8, 4) is 0 Å². The highest BCUT2D eigenvalue weighted by Crippen LogP contribution is 2.11. The minimum Gasteiger partial charge on any atom is -0.378 e. The molecule has 0 aliphatic rings. The second-order valence-corrected chi connectivity index (χ2v) is 2.62. The largest absolute Gasteiger partial charge is 0.378 e. The Morgan fingerprint density at radius 1 is 1.40 bits per heavy atom. The van der Waals surface area contributed by atoms with Gasteiger partial charge in [-0.15, -0.1) is 0 Å². The van der Waals surface area contributed by atoms with Crippen molar-refractivity contribution in [2.75, 3.05) is 19.0 Å². The van der Waals surface area contributed by atoms with Gasteiger partial charge in [0.2, 0.25) is 0 Å². The first kappa shape index (κ1) is 7.13. The molecule has 10 heavy (non-hydrogen) atoms. The van der Waals surface area contributed by atoms with E-state index in [1.165, 1.54) is 11.3 Å². The van der Waals surface area contributed by atoms with Crippen molar-refractivity contribution in [2.45, 2.75) is 6.92 Å². The summed E-state index contributed by atoms with van der Waals surface area (Å²) in [4.78, 5) is 2.08. The highest BCUT2D eigenvalue weighted by molar-refractivity contribution is 5.46. The van der Waals surface area contributed by atoms with Crippen LogP contribution in [0.2, 0.25) is 0 Å². The molecule has 53 valence electrons. The predicted octanol–water partition coefficient (Wildman–Crippen LogP) is 1.86. The molecule has 0 saturated carbocycles. The van der Waals surface area contributed by atoms with Crippen LogP contribution in [0.25, 0.3) is 0 Å². The first-order valence-corrected chi connectivity index (χ1v) is 3.36. The second-order valence-electron chi connectivity index (χ2n) is 2.62. The third-order valence-corrected chi connectivity index (χ3v) is 1.45. The third kappa shape index (κ3) is 1.50. The lowest BCUT2D eigenvalue weighted by Crippen LogP contribution is -2.08. The summed E-state index contributed by atoms with van der Waals surface area (Å²) in [5, 5.41) is 0. The van der Waals surface area contributed by atoms with Crippen molar-refractivity contribution in [1.29, 1.82) is 0 Å². The zero-order valence-corrected chi connectivity index (χ0v) is 6.68. The Morgan fingerprint density at radius 2 is 2.10 bits per heavy atom. The average molecular weight is 134 g/mol. The number of hydrogen-bond donors (Lipinski definition) is 0. The van der Waals surface area contributed by atoms with Crippen LogP contribution in [0.15, 0.2) is 18.2 Å². The van der Waals surface area contributed by atoms with Gasteiger partial charge >= 0.3 is 0 Å². The number of benzene rings is 1. The molecule has 0 amide bonds. The van der Waals surface area contributed by atoms with Crippen LogP contribution in [0.1, 0.15) is 5.56 Å². The van der Waals surface area contributed by atoms with Gasteiger partial charge in [0.05, 0.1) is 0 Å². The fourth-order valence-corrected chi connectivity index (χ4v) is 0.848. The molecule has 1 aromatic rings. The predicted molar refractivity (Wildman–Crippen MR) is 44.3 cm³/mol. The van der Waals surface area contributed by atoms with Gasteiger partial charge in [0.1, 0.15) is 0 Å². The van der Waals surface area contributed by atoms with Crippen LogP contribution in [0.3, 0.4) is 0 Å². The van der Waals surface area contributed by atoms with E-state index < -0.39 is 0 Å². The molecule has 0 aliphatic carbocycles. The normalized spacial score (nSPS) is 9.50. The van der Waals surface area contributed by atoms with Gasteiger partial charge in [-0.2, -0.15) is 0 Å². The number of hydrogen-bond acceptors (Lipinski definition) is 1. The molecule has 0 N–H and O–H groups in total. The zero-order chi connectivity index (χ0) is 7.56. The van der Waals surface area contributed by atoms with Crippen molar-refractivity contribution < 1.29 is 0 Å². The number of aryl methyl sites for hydroxylation is 1. The highest BCUT2D eigenvalue weighted by Gasteiger charge is 1.92. The van der Waals surface area contributed by atoms with Gasteiger partial charge in [0.25, 0.3) is 0 Å². The fourth-order valence-electron chi connectivity index (χ4n) is 0.848. The van der Waals surface area contributed by atoms with Crippen LogP contribution in [0, 0.1) is 13.0 Å². The standard InChI is InChI=1S/C9H12N/c1-8-5-4-6-9(7-8)10(2)3/h4,6-7H,1-3H3. The maximum atomic E-state index is 3.10. The SMILES string of the molecule is Cc1[c]ccc(N(C)C)c1. The van der Waals surface area contributed by atoms with Crippen LogP contribution in [0.4, 0.5) is 5.69 Å². The summed E-state index contributed by atoms with van der Waals surface area (Å²) in [6, 6.07) is 9.21. The summed E-state index contributed by atoms with van der Waals surface area (Å²) in [6.07, 6.45) is 0. The van der Waals surface area contributed by atoms with E-state index in [1.807, 2.05) is 33.2 Å². The molecule has 1 radical (unpaired) electrons. The molecular formula is C9H12N. The second kappa shape index (κ2) is 2.74. The zero-order valence-electron chi connectivity index (χ0n) is 6.68. The summed E-state index contributed by atoms with van der Waals surface area (Å²) in [7, 11) is 4.07. The molecule has 0 saturated heterocycles. The van der Waals surface area contributed by atoms with Gasteiger partial charge in [-0.1, -0.05) is 6.07 Å².